The van der Waals surface area contributed by atoms with Gasteiger partial charge in [0.15, 0.2) is 17.2 Å². The molecule has 0 saturated carbocycles. The first-order valence-corrected chi connectivity index (χ1v) is 7.24. The molecule has 2 aromatic rings. The standard InChI is InChI=1S/C16H13ClF3N3O2/c1-23-15(17)11(14(22-23)16(18,19)20)6-10(8-21)9-4-5-12(24-2)13(7-9)25-3/h4-7H,1-3H3/b10-6-. The van der Waals surface area contributed by atoms with Crippen LogP contribution in [-0.4, -0.2) is 24.0 Å². The Labute approximate surface area is 146 Å². The molecule has 0 fully saturated rings. The number of alkyl halides is 3. The predicted molar refractivity (Wildman–Crippen MR) is 86.3 cm³/mol. The third kappa shape index (κ3) is 3.72. The Hall–Kier alpha value is -2.66. The van der Waals surface area contributed by atoms with Gasteiger partial charge < -0.3 is 9.47 Å². The molecule has 0 saturated heterocycles. The third-order valence-corrected chi connectivity index (χ3v) is 3.83. The van der Waals surface area contributed by atoms with Crippen molar-refractivity contribution >= 4 is 23.3 Å². The number of aryl methyl sites for hydroxylation is 1. The fraction of sp³-hybridized carbons (Fsp3) is 0.250. The van der Waals surface area contributed by atoms with Crippen LogP contribution in [0.15, 0.2) is 18.2 Å². The van der Waals surface area contributed by atoms with Crippen LogP contribution >= 0.6 is 11.6 Å². The van der Waals surface area contributed by atoms with Gasteiger partial charge in [-0.1, -0.05) is 11.6 Å². The van der Waals surface area contributed by atoms with Crippen molar-refractivity contribution in [2.45, 2.75) is 6.18 Å². The maximum atomic E-state index is 13.1. The molecule has 0 spiro atoms. The number of hydrogen-bond acceptors (Lipinski definition) is 4. The van der Waals surface area contributed by atoms with Crippen molar-refractivity contribution in [1.82, 2.24) is 9.78 Å². The van der Waals surface area contributed by atoms with E-state index in [2.05, 4.69) is 5.10 Å². The minimum absolute atomic E-state index is 0.0265. The van der Waals surface area contributed by atoms with Crippen LogP contribution in [0.1, 0.15) is 16.8 Å². The summed E-state index contributed by atoms with van der Waals surface area (Å²) in [6.45, 7) is 0. The number of methoxy groups -OCH3 is 2. The van der Waals surface area contributed by atoms with E-state index in [0.717, 1.165) is 10.8 Å². The molecule has 1 aromatic heterocycles. The number of ether oxygens (including phenoxy) is 2. The summed E-state index contributed by atoms with van der Waals surface area (Å²) in [5.74, 6) is 0.772. The quantitative estimate of drug-likeness (QED) is 0.757. The number of aromatic nitrogens is 2. The van der Waals surface area contributed by atoms with Crippen LogP contribution in [0.3, 0.4) is 0 Å². The minimum Gasteiger partial charge on any atom is -0.493 e. The zero-order chi connectivity index (χ0) is 18.8. The number of nitrogens with zero attached hydrogens (tertiary/aromatic N) is 3. The monoisotopic (exact) mass is 371 g/mol. The van der Waals surface area contributed by atoms with Gasteiger partial charge in [-0.05, 0) is 29.8 Å². The van der Waals surface area contributed by atoms with E-state index in [1.54, 1.807) is 6.07 Å². The Bertz CT molecular complexity index is 867. The summed E-state index contributed by atoms with van der Waals surface area (Å²) in [5.41, 5.74) is -1.20. The number of nitriles is 1. The first-order valence-electron chi connectivity index (χ1n) is 6.86. The molecular formula is C16H13ClF3N3O2. The van der Waals surface area contributed by atoms with Crippen LogP contribution in [0.4, 0.5) is 13.2 Å². The lowest BCUT2D eigenvalue weighted by Gasteiger charge is -2.09. The molecule has 25 heavy (non-hydrogen) atoms. The lowest BCUT2D eigenvalue weighted by Crippen LogP contribution is -2.08. The number of allylic oxidation sites excluding steroid dienone is 1. The van der Waals surface area contributed by atoms with Gasteiger partial charge in [0.25, 0.3) is 0 Å². The largest absolute Gasteiger partial charge is 0.493 e. The molecular weight excluding hydrogens is 359 g/mol. The molecule has 0 radical (unpaired) electrons. The first kappa shape index (κ1) is 18.7. The lowest BCUT2D eigenvalue weighted by molar-refractivity contribution is -0.141. The van der Waals surface area contributed by atoms with Crippen molar-refractivity contribution < 1.29 is 22.6 Å². The summed E-state index contributed by atoms with van der Waals surface area (Å²) >= 11 is 5.92. The Balaban J connectivity index is 2.62. The van der Waals surface area contributed by atoms with Crippen LogP contribution in [0.2, 0.25) is 5.15 Å². The molecule has 5 nitrogen and oxygen atoms in total. The molecule has 0 unspecified atom stereocenters. The Morgan fingerprint density at radius 3 is 2.44 bits per heavy atom. The zero-order valence-electron chi connectivity index (χ0n) is 13.5. The SMILES string of the molecule is COc1ccc(/C(C#N)=C\c2c(C(F)(F)F)nn(C)c2Cl)cc1OC. The highest BCUT2D eigenvalue weighted by molar-refractivity contribution is 6.31. The normalized spacial score (nSPS) is 12.0. The van der Waals surface area contributed by atoms with Crippen LogP contribution in [-0.2, 0) is 13.2 Å². The van der Waals surface area contributed by atoms with Gasteiger partial charge in [-0.2, -0.15) is 23.5 Å². The fourth-order valence-electron chi connectivity index (χ4n) is 2.19. The van der Waals surface area contributed by atoms with Crippen molar-refractivity contribution in [3.05, 3.63) is 40.2 Å². The van der Waals surface area contributed by atoms with E-state index < -0.39 is 11.9 Å². The molecule has 9 heteroatoms. The van der Waals surface area contributed by atoms with E-state index in [4.69, 9.17) is 21.1 Å². The Morgan fingerprint density at radius 1 is 1.28 bits per heavy atom. The smallest absolute Gasteiger partial charge is 0.435 e. The minimum atomic E-state index is -4.70. The van der Waals surface area contributed by atoms with Gasteiger partial charge in [-0.3, -0.25) is 4.68 Å². The fourth-order valence-corrected chi connectivity index (χ4v) is 2.37. The lowest BCUT2D eigenvalue weighted by atomic mass is 10.0. The van der Waals surface area contributed by atoms with E-state index in [9.17, 15) is 18.4 Å². The van der Waals surface area contributed by atoms with Gasteiger partial charge in [0, 0.05) is 12.6 Å². The number of benzene rings is 1. The van der Waals surface area contributed by atoms with Gasteiger partial charge in [0.1, 0.15) is 5.15 Å². The topological polar surface area (TPSA) is 60.1 Å². The van der Waals surface area contributed by atoms with Crippen molar-refractivity contribution in [3.63, 3.8) is 0 Å². The Kier molecular flexibility index (Phi) is 5.28. The molecule has 0 amide bonds. The molecule has 0 atom stereocenters. The number of hydrogen-bond donors (Lipinski definition) is 0. The molecule has 2 rings (SSSR count). The van der Waals surface area contributed by atoms with E-state index in [0.29, 0.717) is 17.1 Å². The molecule has 0 aliphatic carbocycles. The van der Waals surface area contributed by atoms with Crippen molar-refractivity contribution in [2.24, 2.45) is 7.05 Å². The van der Waals surface area contributed by atoms with Crippen LogP contribution in [0, 0.1) is 11.3 Å². The molecule has 0 bridgehead atoms. The highest BCUT2D eigenvalue weighted by Crippen LogP contribution is 2.37. The van der Waals surface area contributed by atoms with Crippen LogP contribution in [0.5, 0.6) is 11.5 Å². The van der Waals surface area contributed by atoms with E-state index >= 15 is 0 Å². The van der Waals surface area contributed by atoms with Crippen LogP contribution < -0.4 is 9.47 Å². The van der Waals surface area contributed by atoms with Crippen molar-refractivity contribution in [1.29, 1.82) is 5.26 Å². The van der Waals surface area contributed by atoms with Crippen molar-refractivity contribution in [2.75, 3.05) is 14.2 Å². The molecule has 132 valence electrons. The average molecular weight is 372 g/mol. The molecule has 0 aliphatic rings. The van der Waals surface area contributed by atoms with E-state index in [-0.39, 0.29) is 16.3 Å². The van der Waals surface area contributed by atoms with E-state index in [1.807, 2.05) is 6.07 Å². The first-order chi connectivity index (χ1) is 11.7. The van der Waals surface area contributed by atoms with Gasteiger partial charge in [0.05, 0.1) is 25.9 Å². The predicted octanol–water partition coefficient (Wildman–Crippen LogP) is 4.17. The van der Waals surface area contributed by atoms with Crippen molar-refractivity contribution in [3.8, 4) is 17.6 Å². The maximum absolute atomic E-state index is 13.1. The second kappa shape index (κ2) is 7.07. The molecule has 0 N–H and O–H groups in total. The number of halogens is 4. The second-order valence-corrected chi connectivity index (χ2v) is 5.27. The highest BCUT2D eigenvalue weighted by Gasteiger charge is 2.38. The molecule has 1 heterocycles. The zero-order valence-corrected chi connectivity index (χ0v) is 14.2. The highest BCUT2D eigenvalue weighted by atomic mass is 35.5. The summed E-state index contributed by atoms with van der Waals surface area (Å²) in [5, 5.41) is 12.5. The maximum Gasteiger partial charge on any atom is 0.435 e. The van der Waals surface area contributed by atoms with Gasteiger partial charge in [-0.15, -0.1) is 0 Å². The average Bonchev–Trinajstić information content (AvgIpc) is 2.87. The molecule has 1 aromatic carbocycles. The third-order valence-electron chi connectivity index (χ3n) is 3.38. The summed E-state index contributed by atoms with van der Waals surface area (Å²) in [6.07, 6.45) is -3.64. The molecule has 0 aliphatic heterocycles. The summed E-state index contributed by atoms with van der Waals surface area (Å²) in [6, 6.07) is 6.45. The summed E-state index contributed by atoms with van der Waals surface area (Å²) in [4.78, 5) is 0. The second-order valence-electron chi connectivity index (χ2n) is 4.91. The summed E-state index contributed by atoms with van der Waals surface area (Å²) in [7, 11) is 4.15. The van der Waals surface area contributed by atoms with Gasteiger partial charge >= 0.3 is 6.18 Å². The van der Waals surface area contributed by atoms with E-state index in [1.165, 1.54) is 33.4 Å². The number of rotatable bonds is 4. The Morgan fingerprint density at radius 2 is 1.92 bits per heavy atom. The van der Waals surface area contributed by atoms with Gasteiger partial charge in [0.2, 0.25) is 0 Å². The summed E-state index contributed by atoms with van der Waals surface area (Å²) < 4.78 is 50.5. The van der Waals surface area contributed by atoms with Gasteiger partial charge in [-0.25, -0.2) is 0 Å². The van der Waals surface area contributed by atoms with Crippen LogP contribution in [0.25, 0.3) is 11.6 Å².